The fourth-order valence-corrected chi connectivity index (χ4v) is 1.10. The normalized spacial score (nSPS) is 15.7. The summed E-state index contributed by atoms with van der Waals surface area (Å²) in [6.45, 7) is 0.659. The molecule has 4 amide bonds. The van der Waals surface area contributed by atoms with E-state index >= 15 is 0 Å². The summed E-state index contributed by atoms with van der Waals surface area (Å²) in [5.74, 6) is 0.597. The van der Waals surface area contributed by atoms with Gasteiger partial charge in [0.2, 0.25) is 0 Å². The van der Waals surface area contributed by atoms with Gasteiger partial charge in [0.25, 0.3) is 0 Å². The molecule has 0 saturated heterocycles. The van der Waals surface area contributed by atoms with Crippen molar-refractivity contribution >= 4 is 12.1 Å². The number of hydrogen-bond acceptors (Lipinski definition) is 2. The maximum absolute atomic E-state index is 10.9. The van der Waals surface area contributed by atoms with Crippen LogP contribution in [0.3, 0.4) is 0 Å². The third kappa shape index (κ3) is 3.64. The second-order valence-electron chi connectivity index (χ2n) is 3.12. The van der Waals surface area contributed by atoms with Crippen LogP contribution in [0.2, 0.25) is 0 Å². The van der Waals surface area contributed by atoms with Crippen LogP contribution in [-0.2, 0) is 0 Å². The van der Waals surface area contributed by atoms with Gasteiger partial charge in [-0.2, -0.15) is 0 Å². The van der Waals surface area contributed by atoms with Crippen LogP contribution >= 0.6 is 0 Å². The molecule has 0 aromatic heterocycles. The first-order chi connectivity index (χ1) is 6.18. The molecule has 6 heteroatoms. The number of carbonyl (C=O) groups is 2. The molecular formula is C7H14N4O2. The first-order valence-corrected chi connectivity index (χ1v) is 4.28. The first-order valence-electron chi connectivity index (χ1n) is 4.28. The summed E-state index contributed by atoms with van der Waals surface area (Å²) in [6, 6.07) is -1.20. The van der Waals surface area contributed by atoms with Crippen molar-refractivity contribution in [3.63, 3.8) is 0 Å². The Balaban J connectivity index is 2.00. The van der Waals surface area contributed by atoms with Crippen LogP contribution in [0.15, 0.2) is 0 Å². The molecule has 13 heavy (non-hydrogen) atoms. The van der Waals surface area contributed by atoms with Crippen LogP contribution in [0.1, 0.15) is 19.3 Å². The number of hydrogen-bond donors (Lipinski definition) is 4. The van der Waals surface area contributed by atoms with Gasteiger partial charge in [0, 0.05) is 6.54 Å². The number of hydrazine groups is 1. The molecule has 1 rings (SSSR count). The van der Waals surface area contributed by atoms with Crippen LogP contribution in [0, 0.1) is 5.92 Å². The highest BCUT2D eigenvalue weighted by Gasteiger charge is 2.17. The lowest BCUT2D eigenvalue weighted by atomic mass is 9.85. The fourth-order valence-electron chi connectivity index (χ4n) is 1.10. The van der Waals surface area contributed by atoms with Gasteiger partial charge in [-0.3, -0.25) is 0 Å². The van der Waals surface area contributed by atoms with Crippen LogP contribution < -0.4 is 21.9 Å². The van der Waals surface area contributed by atoms with E-state index in [1.807, 2.05) is 5.43 Å². The van der Waals surface area contributed by atoms with E-state index in [1.165, 1.54) is 19.3 Å². The molecule has 1 saturated carbocycles. The second kappa shape index (κ2) is 4.54. The summed E-state index contributed by atoms with van der Waals surface area (Å²) in [7, 11) is 0. The lowest BCUT2D eigenvalue weighted by Gasteiger charge is -2.25. The number of carbonyl (C=O) groups excluding carboxylic acids is 2. The Kier molecular flexibility index (Phi) is 3.36. The Morgan fingerprint density at radius 3 is 2.46 bits per heavy atom. The van der Waals surface area contributed by atoms with Crippen LogP contribution in [-0.4, -0.2) is 18.6 Å². The van der Waals surface area contributed by atoms with Gasteiger partial charge in [0.05, 0.1) is 0 Å². The molecule has 1 fully saturated rings. The molecule has 0 spiro atoms. The standard InChI is InChI=1S/C7H14N4O2/c8-6(12)10-11-7(13)9-4-5-2-1-3-5/h5H,1-4H2,(H3,8,10,12)(H2,9,11,13). The Labute approximate surface area is 76.2 Å². The van der Waals surface area contributed by atoms with Crippen LogP contribution in [0.4, 0.5) is 9.59 Å². The molecule has 0 radical (unpaired) electrons. The molecule has 5 N–H and O–H groups in total. The molecule has 0 aromatic carbocycles. The predicted octanol–water partition coefficient (Wildman–Crippen LogP) is -0.331. The first kappa shape index (κ1) is 9.63. The number of primary amides is 1. The minimum Gasteiger partial charge on any atom is -0.350 e. The van der Waals surface area contributed by atoms with Crippen molar-refractivity contribution < 1.29 is 9.59 Å². The van der Waals surface area contributed by atoms with Gasteiger partial charge in [-0.05, 0) is 18.8 Å². The van der Waals surface area contributed by atoms with Crippen LogP contribution in [0.5, 0.6) is 0 Å². The maximum atomic E-state index is 10.9. The number of nitrogens with two attached hydrogens (primary N) is 1. The van der Waals surface area contributed by atoms with Gasteiger partial charge in [0.1, 0.15) is 0 Å². The molecule has 1 aliphatic rings. The largest absolute Gasteiger partial charge is 0.350 e. The Morgan fingerprint density at radius 2 is 2.00 bits per heavy atom. The molecular weight excluding hydrogens is 172 g/mol. The summed E-state index contributed by atoms with van der Waals surface area (Å²) < 4.78 is 0. The molecule has 0 aromatic rings. The fraction of sp³-hybridized carbons (Fsp3) is 0.714. The summed E-state index contributed by atoms with van der Waals surface area (Å²) in [6.07, 6.45) is 3.58. The van der Waals surface area contributed by atoms with Gasteiger partial charge in [0.15, 0.2) is 0 Å². The number of rotatable bonds is 2. The van der Waals surface area contributed by atoms with E-state index in [2.05, 4.69) is 10.7 Å². The molecule has 0 unspecified atom stereocenters. The average molecular weight is 186 g/mol. The van der Waals surface area contributed by atoms with Gasteiger partial charge < -0.3 is 11.1 Å². The van der Waals surface area contributed by atoms with Crippen molar-refractivity contribution in [3.05, 3.63) is 0 Å². The second-order valence-corrected chi connectivity index (χ2v) is 3.12. The SMILES string of the molecule is NC(=O)NNC(=O)NCC1CCC1. The Hall–Kier alpha value is -1.46. The zero-order valence-electron chi connectivity index (χ0n) is 7.30. The third-order valence-corrected chi connectivity index (χ3v) is 2.08. The third-order valence-electron chi connectivity index (χ3n) is 2.08. The van der Waals surface area contributed by atoms with Crippen molar-refractivity contribution in [2.24, 2.45) is 11.7 Å². The zero-order valence-corrected chi connectivity index (χ0v) is 7.30. The minimum atomic E-state index is -0.779. The molecule has 0 heterocycles. The summed E-state index contributed by atoms with van der Waals surface area (Å²) in [5, 5.41) is 2.62. The Bertz CT molecular complexity index is 203. The minimum absolute atomic E-state index is 0.425. The van der Waals surface area contributed by atoms with E-state index in [0.717, 1.165) is 0 Å². The summed E-state index contributed by atoms with van der Waals surface area (Å²) in [4.78, 5) is 21.1. The van der Waals surface area contributed by atoms with E-state index in [4.69, 9.17) is 5.73 Å². The van der Waals surface area contributed by atoms with Crippen molar-refractivity contribution in [2.45, 2.75) is 19.3 Å². The summed E-state index contributed by atoms with van der Waals surface area (Å²) in [5.41, 5.74) is 8.83. The van der Waals surface area contributed by atoms with E-state index in [9.17, 15) is 9.59 Å². The van der Waals surface area contributed by atoms with Gasteiger partial charge >= 0.3 is 12.1 Å². The topological polar surface area (TPSA) is 96.2 Å². The summed E-state index contributed by atoms with van der Waals surface area (Å²) >= 11 is 0. The molecule has 6 nitrogen and oxygen atoms in total. The van der Waals surface area contributed by atoms with Gasteiger partial charge in [-0.25, -0.2) is 20.4 Å². The molecule has 74 valence electrons. The number of nitrogens with one attached hydrogen (secondary N) is 3. The highest BCUT2D eigenvalue weighted by molar-refractivity contribution is 5.78. The number of urea groups is 2. The molecule has 0 bridgehead atoms. The zero-order chi connectivity index (χ0) is 9.68. The van der Waals surface area contributed by atoms with Crippen molar-refractivity contribution in [2.75, 3.05) is 6.54 Å². The monoisotopic (exact) mass is 186 g/mol. The van der Waals surface area contributed by atoms with Crippen molar-refractivity contribution in [3.8, 4) is 0 Å². The van der Waals surface area contributed by atoms with Crippen molar-refractivity contribution in [1.29, 1.82) is 0 Å². The van der Waals surface area contributed by atoms with Crippen LogP contribution in [0.25, 0.3) is 0 Å². The lowest BCUT2D eigenvalue weighted by Crippen LogP contribution is -2.50. The molecule has 1 aliphatic carbocycles. The smallest absolute Gasteiger partial charge is 0.333 e. The lowest BCUT2D eigenvalue weighted by molar-refractivity contribution is 0.223. The Morgan fingerprint density at radius 1 is 1.31 bits per heavy atom. The maximum Gasteiger partial charge on any atom is 0.333 e. The highest BCUT2D eigenvalue weighted by Crippen LogP contribution is 2.24. The van der Waals surface area contributed by atoms with Gasteiger partial charge in [-0.15, -0.1) is 0 Å². The predicted molar refractivity (Wildman–Crippen MR) is 46.6 cm³/mol. The molecule has 0 atom stereocenters. The highest BCUT2D eigenvalue weighted by atomic mass is 16.2. The van der Waals surface area contributed by atoms with Gasteiger partial charge in [-0.1, -0.05) is 6.42 Å². The van der Waals surface area contributed by atoms with E-state index in [1.54, 1.807) is 0 Å². The van der Waals surface area contributed by atoms with Crippen molar-refractivity contribution in [1.82, 2.24) is 16.2 Å². The van der Waals surface area contributed by atoms with E-state index in [0.29, 0.717) is 12.5 Å². The molecule has 0 aliphatic heterocycles. The van der Waals surface area contributed by atoms with E-state index < -0.39 is 12.1 Å². The van der Waals surface area contributed by atoms with E-state index in [-0.39, 0.29) is 0 Å². The average Bonchev–Trinajstić information content (AvgIpc) is 1.98. The quantitative estimate of drug-likeness (QED) is 0.444. The number of amides is 4.